The van der Waals surface area contributed by atoms with Crippen LogP contribution in [0.1, 0.15) is 105 Å². The molecule has 0 nitrogen and oxygen atoms in total. The van der Waals surface area contributed by atoms with E-state index >= 15 is 0 Å². The summed E-state index contributed by atoms with van der Waals surface area (Å²) < 4.78 is 0. The van der Waals surface area contributed by atoms with Crippen LogP contribution in [-0.4, -0.2) is 16.6 Å². The summed E-state index contributed by atoms with van der Waals surface area (Å²) in [5.74, 6) is 0. The molecule has 0 aromatic rings. The Labute approximate surface area is 145 Å². The van der Waals surface area contributed by atoms with Gasteiger partial charge in [0, 0.05) is 16.6 Å². The van der Waals surface area contributed by atoms with Gasteiger partial charge in [0.25, 0.3) is 0 Å². The Kier molecular flexibility index (Phi) is 18.1. The van der Waals surface area contributed by atoms with Crippen molar-refractivity contribution in [3.63, 3.8) is 0 Å². The molecular weight excluding hydrogens is 296 g/mol. The predicted octanol–water partition coefficient (Wildman–Crippen LogP) is 7.82. The lowest BCUT2D eigenvalue weighted by Gasteiger charge is -2.25. The quantitative estimate of drug-likeness (QED) is 0.187. The van der Waals surface area contributed by atoms with Gasteiger partial charge in [-0.05, 0) is 0 Å². The fourth-order valence-corrected chi connectivity index (χ4v) is 14.3. The Balaban J connectivity index is 4.42. The molecule has 0 bridgehead atoms. The standard InChI is InChI=1S/C20H44Si2/c1-5-9-13-17-21(18-14-10-6-2)22(19-15-11-7-3)20-16-12-8-4/h5-20H2,1-4H3. The summed E-state index contributed by atoms with van der Waals surface area (Å²) in [6.07, 6.45) is 17.7. The second-order valence-corrected chi connectivity index (χ2v) is 15.7. The van der Waals surface area contributed by atoms with E-state index in [4.69, 9.17) is 0 Å². The van der Waals surface area contributed by atoms with Gasteiger partial charge in [-0.15, -0.1) is 0 Å². The first-order valence-corrected chi connectivity index (χ1v) is 15.3. The molecule has 0 saturated carbocycles. The van der Waals surface area contributed by atoms with Crippen molar-refractivity contribution in [2.24, 2.45) is 0 Å². The van der Waals surface area contributed by atoms with E-state index in [9.17, 15) is 0 Å². The van der Waals surface area contributed by atoms with Crippen LogP contribution in [0.4, 0.5) is 0 Å². The summed E-state index contributed by atoms with van der Waals surface area (Å²) in [5, 5.41) is 0. The first-order chi connectivity index (χ1) is 10.8. The third kappa shape index (κ3) is 12.9. The smallest absolute Gasteiger partial charge is 0.0378 e. The molecule has 0 spiro atoms. The average Bonchev–Trinajstić information content (AvgIpc) is 2.53. The van der Waals surface area contributed by atoms with Crippen LogP contribution < -0.4 is 0 Å². The van der Waals surface area contributed by atoms with Gasteiger partial charge in [0.1, 0.15) is 0 Å². The molecule has 0 N–H and O–H groups in total. The van der Waals surface area contributed by atoms with E-state index in [-0.39, 0.29) is 16.6 Å². The van der Waals surface area contributed by atoms with Crippen molar-refractivity contribution >= 4 is 16.6 Å². The van der Waals surface area contributed by atoms with Gasteiger partial charge >= 0.3 is 0 Å². The van der Waals surface area contributed by atoms with E-state index in [0.29, 0.717) is 0 Å². The molecule has 0 aliphatic heterocycles. The molecule has 0 unspecified atom stereocenters. The SMILES string of the molecule is CCCCC[Si](CCCCC)[Si](CCCCC)CCCCC. The first kappa shape index (κ1) is 22.4. The minimum absolute atomic E-state index is 0.0130. The zero-order valence-electron chi connectivity index (χ0n) is 16.3. The number of rotatable bonds is 17. The normalized spacial score (nSPS) is 11.7. The van der Waals surface area contributed by atoms with Crippen LogP contribution in [0.2, 0.25) is 24.2 Å². The van der Waals surface area contributed by atoms with E-state index in [1.807, 2.05) is 0 Å². The van der Waals surface area contributed by atoms with Gasteiger partial charge in [-0.1, -0.05) is 129 Å². The van der Waals surface area contributed by atoms with Crippen molar-refractivity contribution < 1.29 is 0 Å². The topological polar surface area (TPSA) is 0 Å². The van der Waals surface area contributed by atoms with Crippen molar-refractivity contribution in [2.45, 2.75) is 129 Å². The first-order valence-electron chi connectivity index (χ1n) is 10.5. The number of hydrogen-bond acceptors (Lipinski definition) is 0. The molecule has 0 saturated heterocycles. The van der Waals surface area contributed by atoms with Crippen LogP contribution in [0.5, 0.6) is 0 Å². The number of hydrogen-bond donors (Lipinski definition) is 0. The van der Waals surface area contributed by atoms with Gasteiger partial charge in [0.05, 0.1) is 0 Å². The fourth-order valence-electron chi connectivity index (χ4n) is 3.31. The highest BCUT2D eigenvalue weighted by Crippen LogP contribution is 2.22. The Morgan fingerprint density at radius 3 is 0.773 bits per heavy atom. The second kappa shape index (κ2) is 17.8. The highest BCUT2D eigenvalue weighted by atomic mass is 29.2. The molecule has 0 amide bonds. The lowest BCUT2D eigenvalue weighted by atomic mass is 10.3. The average molecular weight is 341 g/mol. The highest BCUT2D eigenvalue weighted by Gasteiger charge is 2.23. The summed E-state index contributed by atoms with van der Waals surface area (Å²) in [6.45, 7) is 9.44. The third-order valence-corrected chi connectivity index (χ3v) is 15.7. The van der Waals surface area contributed by atoms with Crippen molar-refractivity contribution in [3.05, 3.63) is 0 Å². The molecular formula is C20H44Si2. The molecule has 2 radical (unpaired) electrons. The van der Waals surface area contributed by atoms with Gasteiger partial charge in [-0.25, -0.2) is 0 Å². The molecule has 132 valence electrons. The van der Waals surface area contributed by atoms with Crippen molar-refractivity contribution in [2.75, 3.05) is 0 Å². The molecule has 0 atom stereocenters. The minimum Gasteiger partial charge on any atom is -0.0654 e. The van der Waals surface area contributed by atoms with Crippen molar-refractivity contribution in [3.8, 4) is 0 Å². The Hall–Kier alpha value is 0.434. The zero-order chi connectivity index (χ0) is 16.5. The van der Waals surface area contributed by atoms with Crippen LogP contribution in [0.3, 0.4) is 0 Å². The molecule has 0 fully saturated rings. The van der Waals surface area contributed by atoms with Crippen molar-refractivity contribution in [1.29, 1.82) is 0 Å². The van der Waals surface area contributed by atoms with Gasteiger partial charge in [0.15, 0.2) is 0 Å². The Morgan fingerprint density at radius 1 is 0.364 bits per heavy atom. The molecule has 2 heteroatoms. The van der Waals surface area contributed by atoms with E-state index in [0.717, 1.165) is 0 Å². The van der Waals surface area contributed by atoms with Gasteiger partial charge < -0.3 is 0 Å². The Morgan fingerprint density at radius 2 is 0.591 bits per heavy atom. The van der Waals surface area contributed by atoms with Crippen LogP contribution in [0, 0.1) is 0 Å². The summed E-state index contributed by atoms with van der Waals surface area (Å²) >= 11 is 0. The molecule has 0 heterocycles. The largest absolute Gasteiger partial charge is 0.0654 e. The molecule has 22 heavy (non-hydrogen) atoms. The lowest BCUT2D eigenvalue weighted by Crippen LogP contribution is -2.35. The van der Waals surface area contributed by atoms with Crippen LogP contribution in [0.15, 0.2) is 0 Å². The Bertz CT molecular complexity index is 164. The molecule has 0 aliphatic rings. The zero-order valence-corrected chi connectivity index (χ0v) is 18.3. The molecule has 0 aliphatic carbocycles. The molecule has 0 rings (SSSR count). The molecule has 0 aromatic carbocycles. The number of unbranched alkanes of at least 4 members (excludes halogenated alkanes) is 8. The highest BCUT2D eigenvalue weighted by molar-refractivity contribution is 7.22. The summed E-state index contributed by atoms with van der Waals surface area (Å²) in [4.78, 5) is 0. The third-order valence-electron chi connectivity index (χ3n) is 4.83. The maximum Gasteiger partial charge on any atom is 0.0378 e. The van der Waals surface area contributed by atoms with Crippen molar-refractivity contribution in [1.82, 2.24) is 0 Å². The van der Waals surface area contributed by atoms with Gasteiger partial charge in [-0.3, -0.25) is 0 Å². The van der Waals surface area contributed by atoms with E-state index in [1.165, 1.54) is 51.4 Å². The van der Waals surface area contributed by atoms with E-state index in [2.05, 4.69) is 27.7 Å². The maximum absolute atomic E-state index is 2.36. The maximum atomic E-state index is 2.36. The summed E-state index contributed by atoms with van der Waals surface area (Å²) in [5.41, 5.74) is 0. The van der Waals surface area contributed by atoms with Gasteiger partial charge in [-0.2, -0.15) is 0 Å². The minimum atomic E-state index is 0.0130. The van der Waals surface area contributed by atoms with E-state index < -0.39 is 0 Å². The summed E-state index contributed by atoms with van der Waals surface area (Å²) in [7, 11) is 0.0259. The van der Waals surface area contributed by atoms with E-state index in [1.54, 1.807) is 49.9 Å². The monoisotopic (exact) mass is 340 g/mol. The fraction of sp³-hybridized carbons (Fsp3) is 1.00. The summed E-state index contributed by atoms with van der Waals surface area (Å²) in [6, 6.07) is 6.65. The van der Waals surface area contributed by atoms with Crippen LogP contribution >= 0.6 is 0 Å². The second-order valence-electron chi connectivity index (χ2n) is 7.04. The van der Waals surface area contributed by atoms with Crippen LogP contribution in [-0.2, 0) is 0 Å². The van der Waals surface area contributed by atoms with Crippen LogP contribution in [0.25, 0.3) is 0 Å². The molecule has 0 aromatic heterocycles. The predicted molar refractivity (Wildman–Crippen MR) is 109 cm³/mol. The lowest BCUT2D eigenvalue weighted by molar-refractivity contribution is 0.740. The van der Waals surface area contributed by atoms with Gasteiger partial charge in [0.2, 0.25) is 0 Å².